The monoisotopic (exact) mass is 363 g/mol. The van der Waals surface area contributed by atoms with Gasteiger partial charge in [-0.25, -0.2) is 0 Å². The highest BCUT2D eigenvalue weighted by Crippen LogP contribution is 2.23. The average Bonchev–Trinajstić information content (AvgIpc) is 2.90. The van der Waals surface area contributed by atoms with Crippen molar-refractivity contribution >= 4 is 39.9 Å². The minimum Gasteiger partial charge on any atom is -0.337 e. The van der Waals surface area contributed by atoms with Crippen LogP contribution in [0.3, 0.4) is 0 Å². The van der Waals surface area contributed by atoms with Crippen molar-refractivity contribution in [3.63, 3.8) is 0 Å². The molecule has 0 bridgehead atoms. The van der Waals surface area contributed by atoms with Crippen molar-refractivity contribution in [3.05, 3.63) is 38.3 Å². The molecule has 1 saturated heterocycles. The van der Waals surface area contributed by atoms with Crippen LogP contribution in [0.25, 0.3) is 0 Å². The first kappa shape index (κ1) is 16.9. The van der Waals surface area contributed by atoms with Crippen LogP contribution in [0.4, 0.5) is 5.69 Å². The first-order chi connectivity index (χ1) is 8.99. The van der Waals surface area contributed by atoms with E-state index in [-0.39, 0.29) is 30.0 Å². The smallest absolute Gasteiger partial charge is 0.271 e. The molecule has 1 atom stereocenters. The number of nitro groups is 1. The summed E-state index contributed by atoms with van der Waals surface area (Å²) >= 11 is 3.19. The van der Waals surface area contributed by atoms with E-state index in [2.05, 4.69) is 21.2 Å². The van der Waals surface area contributed by atoms with E-state index in [4.69, 9.17) is 0 Å². The molecule has 1 unspecified atom stereocenters. The standard InChI is InChI=1S/C12H14BrN3O3.ClH/c1-15(10-2-3-14-7-10)12(17)8-4-9(13)6-11(5-8)16(18)19;/h4-6,10,14H,2-3,7H2,1H3;1H. The summed E-state index contributed by atoms with van der Waals surface area (Å²) in [6.45, 7) is 1.65. The highest BCUT2D eigenvalue weighted by Gasteiger charge is 2.25. The first-order valence-corrected chi connectivity index (χ1v) is 6.71. The number of hydrogen-bond donors (Lipinski definition) is 1. The van der Waals surface area contributed by atoms with Crippen molar-refractivity contribution in [3.8, 4) is 0 Å². The van der Waals surface area contributed by atoms with E-state index >= 15 is 0 Å². The molecular weight excluding hydrogens is 350 g/mol. The molecule has 8 heteroatoms. The van der Waals surface area contributed by atoms with Crippen LogP contribution in [-0.4, -0.2) is 41.9 Å². The Bertz CT molecular complexity index is 521. The lowest BCUT2D eigenvalue weighted by atomic mass is 10.1. The molecule has 1 fully saturated rings. The van der Waals surface area contributed by atoms with Crippen LogP contribution in [0.1, 0.15) is 16.8 Å². The van der Waals surface area contributed by atoms with E-state index in [0.29, 0.717) is 10.0 Å². The number of nitro benzene ring substituents is 1. The van der Waals surface area contributed by atoms with Crippen molar-refractivity contribution in [2.45, 2.75) is 12.5 Å². The van der Waals surface area contributed by atoms with E-state index in [1.54, 1.807) is 18.0 Å². The second kappa shape index (κ2) is 7.01. The van der Waals surface area contributed by atoms with Crippen LogP contribution in [0.5, 0.6) is 0 Å². The maximum Gasteiger partial charge on any atom is 0.271 e. The topological polar surface area (TPSA) is 75.5 Å². The molecule has 6 nitrogen and oxygen atoms in total. The third-order valence-corrected chi connectivity index (χ3v) is 3.70. The van der Waals surface area contributed by atoms with Crippen molar-refractivity contribution in [1.29, 1.82) is 0 Å². The normalized spacial score (nSPS) is 17.4. The average molecular weight is 365 g/mol. The lowest BCUT2D eigenvalue weighted by Gasteiger charge is -2.23. The van der Waals surface area contributed by atoms with E-state index in [1.807, 2.05) is 0 Å². The van der Waals surface area contributed by atoms with E-state index in [9.17, 15) is 14.9 Å². The van der Waals surface area contributed by atoms with Gasteiger partial charge in [-0.2, -0.15) is 0 Å². The van der Waals surface area contributed by atoms with E-state index in [1.165, 1.54) is 12.1 Å². The van der Waals surface area contributed by atoms with Gasteiger partial charge in [0.05, 0.1) is 4.92 Å². The number of non-ortho nitro benzene ring substituents is 1. The first-order valence-electron chi connectivity index (χ1n) is 5.92. The molecule has 1 aliphatic rings. The summed E-state index contributed by atoms with van der Waals surface area (Å²) in [5, 5.41) is 14.0. The number of likely N-dealkylation sites (N-methyl/N-ethyl adjacent to an activating group) is 1. The molecule has 0 radical (unpaired) electrons. The number of carbonyl (C=O) groups is 1. The summed E-state index contributed by atoms with van der Waals surface area (Å²) in [5.41, 5.74) is 0.242. The van der Waals surface area contributed by atoms with Crippen molar-refractivity contribution in [2.75, 3.05) is 20.1 Å². The molecule has 0 aromatic heterocycles. The predicted octanol–water partition coefficient (Wildman–Crippen LogP) is 2.21. The zero-order chi connectivity index (χ0) is 14.0. The van der Waals surface area contributed by atoms with Crippen LogP contribution < -0.4 is 5.32 Å². The Morgan fingerprint density at radius 2 is 2.20 bits per heavy atom. The fraction of sp³-hybridized carbons (Fsp3) is 0.417. The third kappa shape index (κ3) is 3.68. The number of nitrogens with one attached hydrogen (secondary N) is 1. The molecule has 1 aromatic rings. The minimum absolute atomic E-state index is 0. The summed E-state index contributed by atoms with van der Waals surface area (Å²) in [5.74, 6) is -0.196. The van der Waals surface area contributed by atoms with E-state index in [0.717, 1.165) is 19.5 Å². The van der Waals surface area contributed by atoms with Gasteiger partial charge in [-0.1, -0.05) is 15.9 Å². The summed E-state index contributed by atoms with van der Waals surface area (Å²) < 4.78 is 0.531. The number of nitrogens with zero attached hydrogens (tertiary/aromatic N) is 2. The van der Waals surface area contributed by atoms with Crippen molar-refractivity contribution in [2.24, 2.45) is 0 Å². The summed E-state index contributed by atoms with van der Waals surface area (Å²) in [4.78, 5) is 24.3. The molecule has 1 heterocycles. The fourth-order valence-corrected chi connectivity index (χ4v) is 2.62. The van der Waals surface area contributed by atoms with Gasteiger partial charge in [0.15, 0.2) is 0 Å². The molecule has 0 aliphatic carbocycles. The van der Waals surface area contributed by atoms with Crippen LogP contribution in [0.15, 0.2) is 22.7 Å². The van der Waals surface area contributed by atoms with Crippen LogP contribution >= 0.6 is 28.3 Å². The fourth-order valence-electron chi connectivity index (χ4n) is 2.14. The molecule has 0 saturated carbocycles. The summed E-state index contributed by atoms with van der Waals surface area (Å²) in [6, 6.07) is 4.44. The number of hydrogen-bond acceptors (Lipinski definition) is 4. The summed E-state index contributed by atoms with van der Waals surface area (Å²) in [6.07, 6.45) is 0.901. The maximum absolute atomic E-state index is 12.3. The molecular formula is C12H15BrClN3O3. The Kier molecular flexibility index (Phi) is 5.91. The Hall–Kier alpha value is -1.18. The molecule has 0 spiro atoms. The number of carbonyl (C=O) groups excluding carboxylic acids is 1. The number of rotatable bonds is 3. The van der Waals surface area contributed by atoms with Gasteiger partial charge in [0.25, 0.3) is 11.6 Å². The molecule has 1 N–H and O–H groups in total. The Morgan fingerprint density at radius 3 is 2.75 bits per heavy atom. The SMILES string of the molecule is CN(C(=O)c1cc(Br)cc([N+](=O)[O-])c1)C1CCNC1.Cl. The quantitative estimate of drug-likeness (QED) is 0.659. The Labute approximate surface area is 131 Å². The van der Waals surface area contributed by atoms with Crippen LogP contribution in [0.2, 0.25) is 0 Å². The van der Waals surface area contributed by atoms with Crippen LogP contribution in [0, 0.1) is 10.1 Å². The van der Waals surface area contributed by atoms with Crippen LogP contribution in [-0.2, 0) is 0 Å². The second-order valence-electron chi connectivity index (χ2n) is 4.52. The Balaban J connectivity index is 0.00000200. The third-order valence-electron chi connectivity index (χ3n) is 3.24. The lowest BCUT2D eigenvalue weighted by molar-refractivity contribution is -0.385. The van der Waals surface area contributed by atoms with Gasteiger partial charge < -0.3 is 10.2 Å². The van der Waals surface area contributed by atoms with E-state index < -0.39 is 4.92 Å². The number of benzene rings is 1. The predicted molar refractivity (Wildman–Crippen MR) is 81.4 cm³/mol. The zero-order valence-electron chi connectivity index (χ0n) is 10.8. The second-order valence-corrected chi connectivity index (χ2v) is 5.43. The molecule has 20 heavy (non-hydrogen) atoms. The summed E-state index contributed by atoms with van der Waals surface area (Å²) in [7, 11) is 1.73. The Morgan fingerprint density at radius 1 is 1.50 bits per heavy atom. The molecule has 1 aromatic carbocycles. The number of amides is 1. The molecule has 1 amide bonds. The molecule has 1 aliphatic heterocycles. The molecule has 110 valence electrons. The van der Waals surface area contributed by atoms with Gasteiger partial charge >= 0.3 is 0 Å². The zero-order valence-corrected chi connectivity index (χ0v) is 13.2. The van der Waals surface area contributed by atoms with Gasteiger partial charge in [0.1, 0.15) is 0 Å². The van der Waals surface area contributed by atoms with Gasteiger partial charge in [-0.15, -0.1) is 12.4 Å². The largest absolute Gasteiger partial charge is 0.337 e. The minimum atomic E-state index is -0.501. The van der Waals surface area contributed by atoms with Crippen molar-refractivity contribution < 1.29 is 9.72 Å². The van der Waals surface area contributed by atoms with Crippen molar-refractivity contribution in [1.82, 2.24) is 10.2 Å². The van der Waals surface area contributed by atoms with Gasteiger partial charge in [0, 0.05) is 41.8 Å². The number of halogens is 2. The maximum atomic E-state index is 12.3. The highest BCUT2D eigenvalue weighted by molar-refractivity contribution is 9.10. The molecule has 2 rings (SSSR count). The van der Waals surface area contributed by atoms with Gasteiger partial charge in [0.2, 0.25) is 0 Å². The van der Waals surface area contributed by atoms with Gasteiger partial charge in [-0.05, 0) is 19.0 Å². The van der Waals surface area contributed by atoms with Gasteiger partial charge in [-0.3, -0.25) is 14.9 Å². The lowest BCUT2D eigenvalue weighted by Crippen LogP contribution is -2.38. The highest BCUT2D eigenvalue weighted by atomic mass is 79.9.